The number of benzene rings is 1. The molecular weight excluding hydrogens is 246 g/mol. The Morgan fingerprint density at radius 1 is 1.22 bits per heavy atom. The Bertz CT molecular complexity index is 377. The molecule has 0 fully saturated rings. The van der Waals surface area contributed by atoms with Crippen molar-refractivity contribution in [3.05, 3.63) is 23.2 Å². The van der Waals surface area contributed by atoms with Crippen molar-refractivity contribution in [3.8, 4) is 0 Å². The van der Waals surface area contributed by atoms with Gasteiger partial charge in [-0.25, -0.2) is 0 Å². The van der Waals surface area contributed by atoms with Crippen LogP contribution in [0.15, 0.2) is 18.2 Å². The Hall–Kier alpha value is -0.930. The predicted octanol–water partition coefficient (Wildman–Crippen LogP) is 2.95. The van der Waals surface area contributed by atoms with Crippen LogP contribution in [-0.2, 0) is 0 Å². The van der Waals surface area contributed by atoms with Crippen molar-refractivity contribution in [3.63, 3.8) is 0 Å². The minimum Gasteiger partial charge on any atom is -0.399 e. The first kappa shape index (κ1) is 15.1. The van der Waals surface area contributed by atoms with Crippen LogP contribution in [0, 0.1) is 5.92 Å². The van der Waals surface area contributed by atoms with Gasteiger partial charge in [0.1, 0.15) is 0 Å². The summed E-state index contributed by atoms with van der Waals surface area (Å²) in [6.45, 7) is 7.40. The lowest BCUT2D eigenvalue weighted by molar-refractivity contribution is 0.409. The normalized spacial score (nSPS) is 11.3. The summed E-state index contributed by atoms with van der Waals surface area (Å²) in [5.74, 6) is 0.598. The zero-order valence-electron chi connectivity index (χ0n) is 11.8. The summed E-state index contributed by atoms with van der Waals surface area (Å²) < 4.78 is 0. The molecule has 0 aliphatic rings. The third-order valence-electron chi connectivity index (χ3n) is 2.72. The van der Waals surface area contributed by atoms with Crippen molar-refractivity contribution in [1.82, 2.24) is 4.90 Å². The zero-order valence-corrected chi connectivity index (χ0v) is 12.5. The molecule has 1 aromatic carbocycles. The highest BCUT2D eigenvalue weighted by molar-refractivity contribution is 6.33. The highest BCUT2D eigenvalue weighted by atomic mass is 35.5. The summed E-state index contributed by atoms with van der Waals surface area (Å²) in [6, 6.07) is 5.74. The van der Waals surface area contributed by atoms with Gasteiger partial charge in [-0.15, -0.1) is 0 Å². The summed E-state index contributed by atoms with van der Waals surface area (Å²) in [5.41, 5.74) is 7.52. The molecule has 1 rings (SSSR count). The monoisotopic (exact) mass is 269 g/mol. The molecule has 3 nitrogen and oxygen atoms in total. The van der Waals surface area contributed by atoms with Crippen LogP contribution < -0.4 is 10.6 Å². The van der Waals surface area contributed by atoms with E-state index in [0.717, 1.165) is 30.3 Å². The quantitative estimate of drug-likeness (QED) is 0.806. The Labute approximate surface area is 116 Å². The number of hydrogen-bond donors (Lipinski definition) is 1. The molecule has 0 aliphatic carbocycles. The molecule has 102 valence electrons. The number of likely N-dealkylation sites (N-methyl/N-ethyl adjacent to an activating group) is 1. The standard InChI is InChI=1S/C14H24ClN3/c1-11(2)10-18(8-7-17(3)4)14-6-5-12(16)9-13(14)15/h5-6,9,11H,7-8,10,16H2,1-4H3. The Balaban J connectivity index is 2.86. The molecule has 1 aromatic rings. The molecule has 0 atom stereocenters. The molecule has 0 saturated heterocycles. The summed E-state index contributed by atoms with van der Waals surface area (Å²) in [6.07, 6.45) is 0. The molecule has 0 bridgehead atoms. The molecule has 18 heavy (non-hydrogen) atoms. The second-order valence-electron chi connectivity index (χ2n) is 5.35. The van der Waals surface area contributed by atoms with E-state index in [2.05, 4.69) is 37.7 Å². The number of nitrogen functional groups attached to an aromatic ring is 1. The molecule has 0 aliphatic heterocycles. The minimum atomic E-state index is 0.598. The molecule has 0 aromatic heterocycles. The van der Waals surface area contributed by atoms with Gasteiger partial charge in [0, 0.05) is 25.3 Å². The molecule has 0 unspecified atom stereocenters. The Kier molecular flexibility index (Phi) is 5.76. The average molecular weight is 270 g/mol. The summed E-state index contributed by atoms with van der Waals surface area (Å²) in [4.78, 5) is 4.50. The topological polar surface area (TPSA) is 32.5 Å². The van der Waals surface area contributed by atoms with E-state index in [0.29, 0.717) is 11.6 Å². The number of nitrogens with zero attached hydrogens (tertiary/aromatic N) is 2. The fourth-order valence-corrected chi connectivity index (χ4v) is 2.16. The van der Waals surface area contributed by atoms with Crippen molar-refractivity contribution < 1.29 is 0 Å². The van der Waals surface area contributed by atoms with Crippen LogP contribution in [0.1, 0.15) is 13.8 Å². The van der Waals surface area contributed by atoms with E-state index in [9.17, 15) is 0 Å². The number of nitrogens with two attached hydrogens (primary N) is 1. The van der Waals surface area contributed by atoms with Gasteiger partial charge in [-0.05, 0) is 38.2 Å². The first-order chi connectivity index (χ1) is 8.40. The van der Waals surface area contributed by atoms with Gasteiger partial charge in [0.2, 0.25) is 0 Å². The maximum atomic E-state index is 6.29. The molecule has 0 radical (unpaired) electrons. The molecular formula is C14H24ClN3. The smallest absolute Gasteiger partial charge is 0.0660 e. The van der Waals surface area contributed by atoms with E-state index in [4.69, 9.17) is 17.3 Å². The number of rotatable bonds is 6. The Morgan fingerprint density at radius 2 is 1.89 bits per heavy atom. The predicted molar refractivity (Wildman–Crippen MR) is 81.5 cm³/mol. The van der Waals surface area contributed by atoms with Crippen molar-refractivity contribution in [2.24, 2.45) is 5.92 Å². The molecule has 0 heterocycles. The third kappa shape index (κ3) is 4.75. The van der Waals surface area contributed by atoms with E-state index >= 15 is 0 Å². The Morgan fingerprint density at radius 3 is 2.39 bits per heavy atom. The second-order valence-corrected chi connectivity index (χ2v) is 5.76. The van der Waals surface area contributed by atoms with Crippen LogP contribution in [0.2, 0.25) is 5.02 Å². The lowest BCUT2D eigenvalue weighted by atomic mass is 10.1. The van der Waals surface area contributed by atoms with E-state index in [1.54, 1.807) is 0 Å². The fraction of sp³-hybridized carbons (Fsp3) is 0.571. The van der Waals surface area contributed by atoms with Crippen molar-refractivity contribution >= 4 is 23.0 Å². The molecule has 0 spiro atoms. The van der Waals surface area contributed by atoms with Crippen molar-refractivity contribution in [1.29, 1.82) is 0 Å². The number of hydrogen-bond acceptors (Lipinski definition) is 3. The largest absolute Gasteiger partial charge is 0.399 e. The highest BCUT2D eigenvalue weighted by Crippen LogP contribution is 2.28. The number of anilines is 2. The van der Waals surface area contributed by atoms with Crippen LogP contribution in [0.5, 0.6) is 0 Å². The van der Waals surface area contributed by atoms with Crippen LogP contribution in [0.25, 0.3) is 0 Å². The first-order valence-electron chi connectivity index (χ1n) is 6.35. The highest BCUT2D eigenvalue weighted by Gasteiger charge is 2.12. The van der Waals surface area contributed by atoms with Crippen LogP contribution >= 0.6 is 11.6 Å². The molecule has 4 heteroatoms. The lowest BCUT2D eigenvalue weighted by Gasteiger charge is -2.29. The third-order valence-corrected chi connectivity index (χ3v) is 3.02. The molecule has 0 amide bonds. The summed E-state index contributed by atoms with van der Waals surface area (Å²) in [5, 5.41) is 0.731. The lowest BCUT2D eigenvalue weighted by Crippen LogP contribution is -2.34. The summed E-state index contributed by atoms with van der Waals surface area (Å²) >= 11 is 6.29. The van der Waals surface area contributed by atoms with Gasteiger partial charge in [0.25, 0.3) is 0 Å². The van der Waals surface area contributed by atoms with Gasteiger partial charge >= 0.3 is 0 Å². The van der Waals surface area contributed by atoms with Crippen molar-refractivity contribution in [2.75, 3.05) is 44.4 Å². The number of halogens is 1. The van der Waals surface area contributed by atoms with E-state index in [1.165, 1.54) is 0 Å². The van der Waals surface area contributed by atoms with Gasteiger partial charge in [-0.3, -0.25) is 0 Å². The van der Waals surface area contributed by atoms with E-state index in [1.807, 2.05) is 18.2 Å². The maximum absolute atomic E-state index is 6.29. The summed E-state index contributed by atoms with van der Waals surface area (Å²) in [7, 11) is 4.16. The second kappa shape index (κ2) is 6.86. The average Bonchev–Trinajstić information content (AvgIpc) is 2.24. The minimum absolute atomic E-state index is 0.598. The van der Waals surface area contributed by atoms with Gasteiger partial charge in [0.05, 0.1) is 10.7 Å². The fourth-order valence-electron chi connectivity index (χ4n) is 1.85. The van der Waals surface area contributed by atoms with Crippen LogP contribution in [0.4, 0.5) is 11.4 Å². The SMILES string of the molecule is CC(C)CN(CCN(C)C)c1ccc(N)cc1Cl. The molecule has 2 N–H and O–H groups in total. The van der Waals surface area contributed by atoms with Crippen molar-refractivity contribution in [2.45, 2.75) is 13.8 Å². The zero-order chi connectivity index (χ0) is 13.7. The molecule has 0 saturated carbocycles. The first-order valence-corrected chi connectivity index (χ1v) is 6.72. The van der Waals surface area contributed by atoms with E-state index in [-0.39, 0.29) is 0 Å². The van der Waals surface area contributed by atoms with Gasteiger partial charge in [0.15, 0.2) is 0 Å². The van der Waals surface area contributed by atoms with Gasteiger partial charge in [-0.1, -0.05) is 25.4 Å². The maximum Gasteiger partial charge on any atom is 0.0660 e. The van der Waals surface area contributed by atoms with E-state index < -0.39 is 0 Å². The van der Waals surface area contributed by atoms with Gasteiger partial charge in [-0.2, -0.15) is 0 Å². The van der Waals surface area contributed by atoms with Gasteiger partial charge < -0.3 is 15.5 Å². The van der Waals surface area contributed by atoms with Crippen LogP contribution in [0.3, 0.4) is 0 Å². The van der Waals surface area contributed by atoms with Crippen LogP contribution in [-0.4, -0.2) is 38.6 Å².